The highest BCUT2D eigenvalue weighted by atomic mass is 35.5. The summed E-state index contributed by atoms with van der Waals surface area (Å²) in [5, 5.41) is 22.3. The van der Waals surface area contributed by atoms with E-state index in [-0.39, 0.29) is 11.4 Å². The first-order valence-corrected chi connectivity index (χ1v) is 5.98. The summed E-state index contributed by atoms with van der Waals surface area (Å²) in [5.41, 5.74) is 0.679. The first-order valence-electron chi connectivity index (χ1n) is 5.60. The van der Waals surface area contributed by atoms with E-state index in [1.165, 1.54) is 18.2 Å². The highest BCUT2D eigenvalue weighted by Gasteiger charge is 2.18. The van der Waals surface area contributed by atoms with Crippen LogP contribution in [0.25, 0.3) is 0 Å². The Kier molecular flexibility index (Phi) is 4.04. The number of benzene rings is 2. The molecule has 5 heteroatoms. The fraction of sp³-hybridized carbons (Fsp3) is 0.0714. The SMILES string of the molecule is O=C(Nc1ccc(Cl)cc1O)C(O)c1ccccc1. The molecule has 1 atom stereocenters. The third-order valence-electron chi connectivity index (χ3n) is 2.58. The number of carbonyl (C=O) groups excluding carboxylic acids is 1. The average molecular weight is 278 g/mol. The van der Waals surface area contributed by atoms with Crippen molar-refractivity contribution in [3.8, 4) is 5.75 Å². The number of nitrogens with one attached hydrogen (secondary N) is 1. The van der Waals surface area contributed by atoms with Gasteiger partial charge in [-0.05, 0) is 17.7 Å². The zero-order chi connectivity index (χ0) is 13.8. The zero-order valence-electron chi connectivity index (χ0n) is 9.88. The molecule has 0 saturated heterocycles. The molecule has 0 saturated carbocycles. The quantitative estimate of drug-likeness (QED) is 0.756. The Morgan fingerprint density at radius 3 is 2.47 bits per heavy atom. The minimum Gasteiger partial charge on any atom is -0.506 e. The summed E-state index contributed by atoms with van der Waals surface area (Å²) < 4.78 is 0. The Labute approximate surface area is 115 Å². The lowest BCUT2D eigenvalue weighted by Gasteiger charge is -2.12. The van der Waals surface area contributed by atoms with Crippen LogP contribution in [-0.2, 0) is 4.79 Å². The summed E-state index contributed by atoms with van der Waals surface area (Å²) in [4.78, 5) is 11.8. The summed E-state index contributed by atoms with van der Waals surface area (Å²) in [7, 11) is 0. The molecule has 0 bridgehead atoms. The Bertz CT molecular complexity index is 586. The van der Waals surface area contributed by atoms with Gasteiger partial charge in [0.25, 0.3) is 5.91 Å². The molecule has 0 aliphatic rings. The van der Waals surface area contributed by atoms with Gasteiger partial charge in [-0.25, -0.2) is 0 Å². The standard InChI is InChI=1S/C14H12ClNO3/c15-10-6-7-11(12(17)8-10)16-14(19)13(18)9-4-2-1-3-5-9/h1-8,13,17-18H,(H,16,19). The van der Waals surface area contributed by atoms with E-state index in [1.54, 1.807) is 30.3 Å². The van der Waals surface area contributed by atoms with Crippen molar-refractivity contribution in [2.24, 2.45) is 0 Å². The van der Waals surface area contributed by atoms with Crippen LogP contribution >= 0.6 is 11.6 Å². The zero-order valence-corrected chi connectivity index (χ0v) is 10.6. The number of aromatic hydroxyl groups is 1. The van der Waals surface area contributed by atoms with Gasteiger partial charge >= 0.3 is 0 Å². The van der Waals surface area contributed by atoms with E-state index in [0.717, 1.165) is 0 Å². The molecule has 4 nitrogen and oxygen atoms in total. The number of halogens is 1. The van der Waals surface area contributed by atoms with Crippen LogP contribution in [0.2, 0.25) is 5.02 Å². The smallest absolute Gasteiger partial charge is 0.257 e. The first kappa shape index (κ1) is 13.4. The molecule has 1 amide bonds. The average Bonchev–Trinajstić information content (AvgIpc) is 2.42. The number of hydrogen-bond acceptors (Lipinski definition) is 3. The molecular weight excluding hydrogens is 266 g/mol. The first-order chi connectivity index (χ1) is 9.08. The van der Waals surface area contributed by atoms with Crippen LogP contribution in [0.4, 0.5) is 5.69 Å². The number of anilines is 1. The second-order valence-electron chi connectivity index (χ2n) is 3.96. The Balaban J connectivity index is 2.13. The van der Waals surface area contributed by atoms with Gasteiger partial charge in [0.2, 0.25) is 0 Å². The van der Waals surface area contributed by atoms with E-state index in [9.17, 15) is 15.0 Å². The van der Waals surface area contributed by atoms with Crippen LogP contribution in [0.3, 0.4) is 0 Å². The van der Waals surface area contributed by atoms with Crippen molar-refractivity contribution in [1.82, 2.24) is 0 Å². The maximum atomic E-state index is 11.8. The van der Waals surface area contributed by atoms with Crippen molar-refractivity contribution in [3.05, 3.63) is 59.1 Å². The monoisotopic (exact) mass is 277 g/mol. The van der Waals surface area contributed by atoms with Crippen LogP contribution in [0, 0.1) is 0 Å². The third-order valence-corrected chi connectivity index (χ3v) is 2.82. The second-order valence-corrected chi connectivity index (χ2v) is 4.40. The molecule has 19 heavy (non-hydrogen) atoms. The molecule has 0 fully saturated rings. The number of phenolic OH excluding ortho intramolecular Hbond substituents is 1. The number of hydrogen-bond donors (Lipinski definition) is 3. The number of phenols is 1. The second kappa shape index (κ2) is 5.73. The maximum absolute atomic E-state index is 11.8. The molecule has 2 aromatic rings. The van der Waals surface area contributed by atoms with Gasteiger partial charge in [-0.3, -0.25) is 4.79 Å². The van der Waals surface area contributed by atoms with E-state index in [2.05, 4.69) is 5.32 Å². The highest BCUT2D eigenvalue weighted by molar-refractivity contribution is 6.30. The van der Waals surface area contributed by atoms with Crippen molar-refractivity contribution >= 4 is 23.2 Å². The van der Waals surface area contributed by atoms with Crippen molar-refractivity contribution in [3.63, 3.8) is 0 Å². The van der Waals surface area contributed by atoms with Crippen LogP contribution < -0.4 is 5.32 Å². The van der Waals surface area contributed by atoms with E-state index >= 15 is 0 Å². The molecule has 0 aromatic heterocycles. The van der Waals surface area contributed by atoms with Crippen LogP contribution in [0.5, 0.6) is 5.75 Å². The maximum Gasteiger partial charge on any atom is 0.257 e. The molecule has 0 aliphatic carbocycles. The number of rotatable bonds is 3. The fourth-order valence-corrected chi connectivity index (χ4v) is 1.76. The molecule has 0 heterocycles. The molecule has 3 N–H and O–H groups in total. The normalized spacial score (nSPS) is 11.9. The van der Waals surface area contributed by atoms with Crippen molar-refractivity contribution in [1.29, 1.82) is 0 Å². The molecule has 0 spiro atoms. The highest BCUT2D eigenvalue weighted by Crippen LogP contribution is 2.27. The fourth-order valence-electron chi connectivity index (χ4n) is 1.60. The molecule has 0 radical (unpaired) electrons. The van der Waals surface area contributed by atoms with Crippen LogP contribution in [-0.4, -0.2) is 16.1 Å². The lowest BCUT2D eigenvalue weighted by atomic mass is 10.1. The minimum absolute atomic E-state index is 0.152. The van der Waals surface area contributed by atoms with E-state index in [4.69, 9.17) is 11.6 Å². The number of aliphatic hydroxyl groups excluding tert-OH is 1. The van der Waals surface area contributed by atoms with Gasteiger partial charge < -0.3 is 15.5 Å². The number of aliphatic hydroxyl groups is 1. The predicted molar refractivity (Wildman–Crippen MR) is 73.1 cm³/mol. The lowest BCUT2D eigenvalue weighted by molar-refractivity contribution is -0.124. The number of amides is 1. The van der Waals surface area contributed by atoms with Gasteiger partial charge in [0.05, 0.1) is 5.69 Å². The minimum atomic E-state index is -1.30. The molecule has 1 unspecified atom stereocenters. The molecule has 2 rings (SSSR count). The topological polar surface area (TPSA) is 69.6 Å². The van der Waals surface area contributed by atoms with Crippen molar-refractivity contribution < 1.29 is 15.0 Å². The lowest BCUT2D eigenvalue weighted by Crippen LogP contribution is -2.20. The molecule has 0 aliphatic heterocycles. The molecular formula is C14H12ClNO3. The van der Waals surface area contributed by atoms with Gasteiger partial charge in [0, 0.05) is 11.1 Å². The third kappa shape index (κ3) is 3.24. The summed E-state index contributed by atoms with van der Waals surface area (Å²) in [6, 6.07) is 12.8. The molecule has 98 valence electrons. The Morgan fingerprint density at radius 1 is 1.16 bits per heavy atom. The van der Waals surface area contributed by atoms with E-state index < -0.39 is 12.0 Å². The Hall–Kier alpha value is -2.04. The number of carbonyl (C=O) groups is 1. The van der Waals surface area contributed by atoms with E-state index in [0.29, 0.717) is 10.6 Å². The summed E-state index contributed by atoms with van der Waals surface area (Å²) in [5.74, 6) is -0.773. The van der Waals surface area contributed by atoms with E-state index in [1.807, 2.05) is 0 Å². The largest absolute Gasteiger partial charge is 0.506 e. The van der Waals surface area contributed by atoms with Crippen LogP contribution in [0.15, 0.2) is 48.5 Å². The van der Waals surface area contributed by atoms with Gasteiger partial charge in [0.15, 0.2) is 6.10 Å². The molecule has 2 aromatic carbocycles. The van der Waals surface area contributed by atoms with Crippen LogP contribution in [0.1, 0.15) is 11.7 Å². The summed E-state index contributed by atoms with van der Waals surface area (Å²) in [6.45, 7) is 0. The van der Waals surface area contributed by atoms with Crippen molar-refractivity contribution in [2.75, 3.05) is 5.32 Å². The Morgan fingerprint density at radius 2 is 1.84 bits per heavy atom. The summed E-state index contributed by atoms with van der Waals surface area (Å²) in [6.07, 6.45) is -1.30. The summed E-state index contributed by atoms with van der Waals surface area (Å²) >= 11 is 5.69. The van der Waals surface area contributed by atoms with Gasteiger partial charge in [-0.15, -0.1) is 0 Å². The van der Waals surface area contributed by atoms with Crippen molar-refractivity contribution in [2.45, 2.75) is 6.10 Å². The van der Waals surface area contributed by atoms with Gasteiger partial charge in [0.1, 0.15) is 5.75 Å². The van der Waals surface area contributed by atoms with Gasteiger partial charge in [-0.2, -0.15) is 0 Å². The predicted octanol–water partition coefficient (Wildman–Crippen LogP) is 2.72. The van der Waals surface area contributed by atoms with Gasteiger partial charge in [-0.1, -0.05) is 41.9 Å².